The Kier molecular flexibility index (Phi) is 2.75. The maximum Gasteiger partial charge on any atom is 0.127 e. The fraction of sp³-hybridized carbons (Fsp3) is 0.625. The monoisotopic (exact) mass is 187 g/mol. The number of hydrogen-bond donors (Lipinski definition) is 1. The summed E-state index contributed by atoms with van der Waals surface area (Å²) >= 11 is 5.86. The summed E-state index contributed by atoms with van der Waals surface area (Å²) < 4.78 is 1.76. The van der Waals surface area contributed by atoms with Gasteiger partial charge in [-0.1, -0.05) is 25.4 Å². The Balaban J connectivity index is 2.70. The van der Waals surface area contributed by atoms with E-state index in [0.717, 1.165) is 6.54 Å². The molecular weight excluding hydrogens is 174 g/mol. The molecule has 0 aliphatic heterocycles. The van der Waals surface area contributed by atoms with Crippen molar-refractivity contribution in [3.8, 4) is 0 Å². The van der Waals surface area contributed by atoms with Gasteiger partial charge in [-0.3, -0.25) is 4.68 Å². The standard InChI is InChI=1S/C8H14ClN3/c1-8(2,5-10)6-12-7(9)3-4-11-12/h3-4H,5-6,10H2,1-2H3. The lowest BCUT2D eigenvalue weighted by Gasteiger charge is -2.22. The molecule has 0 unspecified atom stereocenters. The predicted octanol–water partition coefficient (Wildman–Crippen LogP) is 1.52. The molecule has 68 valence electrons. The molecule has 0 aliphatic carbocycles. The van der Waals surface area contributed by atoms with Gasteiger partial charge in [0, 0.05) is 6.54 Å². The molecule has 1 rings (SSSR count). The molecule has 0 aromatic carbocycles. The van der Waals surface area contributed by atoms with Crippen LogP contribution in [0.15, 0.2) is 12.3 Å². The van der Waals surface area contributed by atoms with Gasteiger partial charge >= 0.3 is 0 Å². The topological polar surface area (TPSA) is 43.8 Å². The van der Waals surface area contributed by atoms with Crippen molar-refractivity contribution in [1.29, 1.82) is 0 Å². The number of aromatic nitrogens is 2. The first-order valence-corrected chi connectivity index (χ1v) is 4.30. The molecular formula is C8H14ClN3. The lowest BCUT2D eigenvalue weighted by Crippen LogP contribution is -2.29. The molecule has 1 aromatic rings. The second-order valence-corrected chi connectivity index (χ2v) is 4.07. The molecule has 0 radical (unpaired) electrons. The van der Waals surface area contributed by atoms with Crippen LogP contribution in [0.4, 0.5) is 0 Å². The molecule has 0 saturated carbocycles. The third kappa shape index (κ3) is 2.22. The van der Waals surface area contributed by atoms with Gasteiger partial charge in [0.05, 0.1) is 6.20 Å². The van der Waals surface area contributed by atoms with Crippen LogP contribution in [0.5, 0.6) is 0 Å². The molecule has 0 fully saturated rings. The Morgan fingerprint density at radius 2 is 2.33 bits per heavy atom. The molecule has 1 aromatic heterocycles. The van der Waals surface area contributed by atoms with Crippen molar-refractivity contribution in [2.75, 3.05) is 6.54 Å². The number of nitrogens with zero attached hydrogens (tertiary/aromatic N) is 2. The molecule has 0 atom stereocenters. The summed E-state index contributed by atoms with van der Waals surface area (Å²) in [7, 11) is 0. The minimum atomic E-state index is 0.0513. The Hall–Kier alpha value is -0.540. The highest BCUT2D eigenvalue weighted by molar-refractivity contribution is 6.29. The smallest absolute Gasteiger partial charge is 0.127 e. The van der Waals surface area contributed by atoms with Gasteiger partial charge < -0.3 is 5.73 Å². The fourth-order valence-corrected chi connectivity index (χ4v) is 1.06. The fourth-order valence-electron chi connectivity index (χ4n) is 0.903. The summed E-state index contributed by atoms with van der Waals surface area (Å²) in [4.78, 5) is 0. The Morgan fingerprint density at radius 3 is 2.75 bits per heavy atom. The summed E-state index contributed by atoms with van der Waals surface area (Å²) in [6.07, 6.45) is 1.69. The van der Waals surface area contributed by atoms with E-state index >= 15 is 0 Å². The van der Waals surface area contributed by atoms with E-state index in [9.17, 15) is 0 Å². The van der Waals surface area contributed by atoms with E-state index in [1.807, 2.05) is 0 Å². The van der Waals surface area contributed by atoms with Crippen molar-refractivity contribution in [3.63, 3.8) is 0 Å². The molecule has 1 heterocycles. The average molecular weight is 188 g/mol. The van der Waals surface area contributed by atoms with E-state index in [1.54, 1.807) is 16.9 Å². The van der Waals surface area contributed by atoms with Gasteiger partial charge in [-0.2, -0.15) is 5.10 Å². The van der Waals surface area contributed by atoms with E-state index in [1.165, 1.54) is 0 Å². The molecule has 0 saturated heterocycles. The summed E-state index contributed by atoms with van der Waals surface area (Å²) in [6, 6.07) is 1.77. The SMILES string of the molecule is CC(C)(CN)Cn1nccc1Cl. The molecule has 0 amide bonds. The van der Waals surface area contributed by atoms with E-state index in [4.69, 9.17) is 17.3 Å². The second kappa shape index (κ2) is 3.46. The van der Waals surface area contributed by atoms with Crippen LogP contribution in [0, 0.1) is 5.41 Å². The summed E-state index contributed by atoms with van der Waals surface area (Å²) in [5.41, 5.74) is 5.64. The third-order valence-electron chi connectivity index (χ3n) is 1.80. The summed E-state index contributed by atoms with van der Waals surface area (Å²) in [5, 5.41) is 4.74. The van der Waals surface area contributed by atoms with Gasteiger partial charge in [-0.15, -0.1) is 0 Å². The van der Waals surface area contributed by atoms with E-state index < -0.39 is 0 Å². The molecule has 3 nitrogen and oxygen atoms in total. The van der Waals surface area contributed by atoms with Crippen molar-refractivity contribution in [1.82, 2.24) is 9.78 Å². The Bertz CT molecular complexity index is 255. The third-order valence-corrected chi connectivity index (χ3v) is 2.12. The van der Waals surface area contributed by atoms with Gasteiger partial charge in [0.2, 0.25) is 0 Å². The highest BCUT2D eigenvalue weighted by Gasteiger charge is 2.17. The number of nitrogens with two attached hydrogens (primary N) is 1. The Morgan fingerprint density at radius 1 is 1.67 bits per heavy atom. The van der Waals surface area contributed by atoms with Crippen LogP contribution < -0.4 is 5.73 Å². The molecule has 0 bridgehead atoms. The van der Waals surface area contributed by atoms with Crippen LogP contribution in [0.25, 0.3) is 0 Å². The van der Waals surface area contributed by atoms with Crippen LogP contribution >= 0.6 is 11.6 Å². The minimum Gasteiger partial charge on any atom is -0.330 e. The zero-order valence-corrected chi connectivity index (χ0v) is 8.17. The van der Waals surface area contributed by atoms with Crippen LogP contribution in [0.2, 0.25) is 5.15 Å². The number of halogens is 1. The van der Waals surface area contributed by atoms with Crippen molar-refractivity contribution in [3.05, 3.63) is 17.4 Å². The van der Waals surface area contributed by atoms with Crippen LogP contribution in [0.3, 0.4) is 0 Å². The molecule has 0 spiro atoms. The Labute approximate surface area is 77.5 Å². The van der Waals surface area contributed by atoms with Crippen LogP contribution in [-0.4, -0.2) is 16.3 Å². The number of rotatable bonds is 3. The molecule has 4 heteroatoms. The number of hydrogen-bond acceptors (Lipinski definition) is 2. The van der Waals surface area contributed by atoms with Crippen molar-refractivity contribution >= 4 is 11.6 Å². The van der Waals surface area contributed by atoms with E-state index in [0.29, 0.717) is 11.7 Å². The normalized spacial score (nSPS) is 12.0. The minimum absolute atomic E-state index is 0.0513. The predicted molar refractivity (Wildman–Crippen MR) is 50.1 cm³/mol. The first-order valence-electron chi connectivity index (χ1n) is 3.92. The van der Waals surface area contributed by atoms with Crippen molar-refractivity contribution in [2.45, 2.75) is 20.4 Å². The van der Waals surface area contributed by atoms with Gasteiger partial charge in [-0.25, -0.2) is 0 Å². The lowest BCUT2D eigenvalue weighted by atomic mass is 9.94. The largest absolute Gasteiger partial charge is 0.330 e. The highest BCUT2D eigenvalue weighted by Crippen LogP contribution is 2.18. The zero-order valence-electron chi connectivity index (χ0n) is 7.42. The lowest BCUT2D eigenvalue weighted by molar-refractivity contribution is 0.302. The average Bonchev–Trinajstić information content (AvgIpc) is 2.36. The highest BCUT2D eigenvalue weighted by atomic mass is 35.5. The second-order valence-electron chi connectivity index (χ2n) is 3.68. The quantitative estimate of drug-likeness (QED) is 0.780. The molecule has 0 aliphatic rings. The maximum atomic E-state index is 5.86. The zero-order chi connectivity index (χ0) is 9.19. The van der Waals surface area contributed by atoms with Gasteiger partial charge in [0.25, 0.3) is 0 Å². The van der Waals surface area contributed by atoms with Crippen molar-refractivity contribution in [2.24, 2.45) is 11.1 Å². The van der Waals surface area contributed by atoms with E-state index in [-0.39, 0.29) is 5.41 Å². The van der Waals surface area contributed by atoms with Gasteiger partial charge in [0.15, 0.2) is 0 Å². The summed E-state index contributed by atoms with van der Waals surface area (Å²) in [6.45, 7) is 5.56. The van der Waals surface area contributed by atoms with Crippen LogP contribution in [-0.2, 0) is 6.54 Å². The van der Waals surface area contributed by atoms with Crippen molar-refractivity contribution < 1.29 is 0 Å². The van der Waals surface area contributed by atoms with Crippen LogP contribution in [0.1, 0.15) is 13.8 Å². The van der Waals surface area contributed by atoms with Gasteiger partial charge in [-0.05, 0) is 18.0 Å². The molecule has 2 N–H and O–H groups in total. The maximum absolute atomic E-state index is 5.86. The van der Waals surface area contributed by atoms with Gasteiger partial charge in [0.1, 0.15) is 5.15 Å². The summed E-state index contributed by atoms with van der Waals surface area (Å²) in [5.74, 6) is 0. The van der Waals surface area contributed by atoms with E-state index in [2.05, 4.69) is 18.9 Å². The first-order chi connectivity index (χ1) is 5.55. The molecule has 12 heavy (non-hydrogen) atoms. The first kappa shape index (κ1) is 9.55.